The van der Waals surface area contributed by atoms with E-state index >= 15 is 0 Å². The molecule has 0 amide bonds. The van der Waals surface area contributed by atoms with Gasteiger partial charge in [0.05, 0.1) is 27.4 Å². The van der Waals surface area contributed by atoms with Crippen LogP contribution in [0.4, 0.5) is 11.6 Å². The SMILES string of the molecule is CO.COC(=O)[C@@H](NP(=O)(OC[C@H]1O[C@@H](n2ccc(N)nc2=O)[C@@H]2OC(C)(C)O[C@@H]21)Oc1ccccc1)C(C)C.COC(=O)[C@@H](NP(=O)(OC[C@H]1O[C@@H](n2ccc(N)nc2=O)[C@H](O)[C@@H]1O)Oc1ccccc1)C(C)C. The highest BCUT2D eigenvalue weighted by Crippen LogP contribution is 2.49. The molecule has 0 aliphatic carbocycles. The number of anilines is 2. The van der Waals surface area contributed by atoms with E-state index in [4.69, 9.17) is 63.1 Å². The standard InChI is InChI=1S/C24H33N4O9P.C21H29N4O9P.CH4O/c1-14(2)18(22(29)32-5)27-38(31,37-15-9-7-6-8-10-15)33-13-16-19-20(36-24(3,4)35-19)21(34-16)28-12-11-17(25)26-23(28)30;1-12(2)16(20(28)31-3)24-35(30,34-13-7-5-4-6-8-13)32-11-14-17(26)18(27)19(33-14)25-10-9-15(22)23-21(25)29;1-2/h6-12,14,16,18-21H,13H2,1-5H3,(H,27,31)(H2,25,26,30);4-10,12,14,16-19,26-27H,11H2,1-3H3,(H,24,30)(H2,22,23,29);2H,1H3/t16-,18+,19-,20-,21-,38?;14-,16+,17-,18-,19-,35?;/m11./s1. The fourth-order valence-electron chi connectivity index (χ4n) is 7.66. The van der Waals surface area contributed by atoms with Gasteiger partial charge in [-0.05, 0) is 62.1 Å². The number of ether oxygens (including phenoxy) is 6. The van der Waals surface area contributed by atoms with Crippen molar-refractivity contribution in [2.75, 3.05) is 46.0 Å². The highest BCUT2D eigenvalue weighted by molar-refractivity contribution is 7.52. The Balaban J connectivity index is 0.000000269. The Labute approximate surface area is 431 Å². The number of benzene rings is 2. The third kappa shape index (κ3) is 15.7. The van der Waals surface area contributed by atoms with Crippen molar-refractivity contribution in [3.8, 4) is 11.5 Å². The van der Waals surface area contributed by atoms with Crippen LogP contribution in [0.3, 0.4) is 0 Å². The van der Waals surface area contributed by atoms with Crippen LogP contribution in [0.5, 0.6) is 11.5 Å². The van der Waals surface area contributed by atoms with Crippen molar-refractivity contribution in [3.05, 3.63) is 106 Å². The number of aliphatic hydroxyl groups is 3. The van der Waals surface area contributed by atoms with Crippen molar-refractivity contribution >= 4 is 39.1 Å². The maximum atomic E-state index is 14.0. The number of aliphatic hydroxyl groups excluding tert-OH is 3. The highest BCUT2D eigenvalue weighted by Gasteiger charge is 2.57. The second-order valence-corrected chi connectivity index (χ2v) is 21.3. The Morgan fingerprint density at radius 1 is 0.667 bits per heavy atom. The van der Waals surface area contributed by atoms with Crippen LogP contribution in [-0.2, 0) is 56.2 Å². The number of para-hydroxylation sites is 2. The summed E-state index contributed by atoms with van der Waals surface area (Å²) in [5.74, 6) is -2.41. The molecule has 75 heavy (non-hydrogen) atoms. The van der Waals surface area contributed by atoms with Crippen LogP contribution < -0.4 is 42.1 Å². The number of carbonyl (C=O) groups excluding carboxylic acids is 2. The number of carbonyl (C=O) groups is 2. The Kier molecular flexibility index (Phi) is 21.2. The van der Waals surface area contributed by atoms with Gasteiger partial charge >= 0.3 is 38.8 Å². The summed E-state index contributed by atoms with van der Waals surface area (Å²) in [5.41, 5.74) is 9.70. The van der Waals surface area contributed by atoms with Gasteiger partial charge in [-0.2, -0.15) is 20.1 Å². The molecular weight excluding hydrogens is 1030 g/mol. The molecule has 3 aliphatic rings. The molecule has 0 saturated carbocycles. The first-order valence-electron chi connectivity index (χ1n) is 23.3. The minimum absolute atomic E-state index is 0.0189. The molecule has 5 heterocycles. The van der Waals surface area contributed by atoms with Crippen molar-refractivity contribution in [2.45, 2.75) is 108 Å². The molecule has 414 valence electrons. The van der Waals surface area contributed by atoms with Gasteiger partial charge in [-0.1, -0.05) is 64.1 Å². The summed E-state index contributed by atoms with van der Waals surface area (Å²) >= 11 is 0. The number of rotatable bonds is 20. The Bertz CT molecular complexity index is 2720. The number of nitrogens with two attached hydrogens (primary N) is 2. The van der Waals surface area contributed by atoms with Gasteiger partial charge in [0.2, 0.25) is 0 Å². The second kappa shape index (κ2) is 26.4. The van der Waals surface area contributed by atoms with Crippen molar-refractivity contribution in [1.29, 1.82) is 0 Å². The number of aromatic nitrogens is 4. The van der Waals surface area contributed by atoms with Crippen LogP contribution in [-0.4, -0.2) is 135 Å². The van der Waals surface area contributed by atoms with Crippen LogP contribution >= 0.6 is 15.5 Å². The first-order valence-corrected chi connectivity index (χ1v) is 26.4. The van der Waals surface area contributed by atoms with E-state index in [0.717, 1.165) is 11.7 Å². The topological polar surface area (TPSA) is 367 Å². The first-order chi connectivity index (χ1) is 35.5. The van der Waals surface area contributed by atoms with Crippen LogP contribution in [0.15, 0.2) is 94.8 Å². The molecule has 0 bridgehead atoms. The van der Waals surface area contributed by atoms with Crippen molar-refractivity contribution in [3.63, 3.8) is 0 Å². The van der Waals surface area contributed by atoms with Crippen molar-refractivity contribution in [1.82, 2.24) is 29.3 Å². The average molecular weight is 1100 g/mol. The molecule has 9 N–H and O–H groups in total. The lowest BCUT2D eigenvalue weighted by atomic mass is 10.1. The van der Waals surface area contributed by atoms with E-state index < -0.39 is 112 Å². The molecule has 27 nitrogen and oxygen atoms in total. The molecule has 2 aromatic heterocycles. The number of nitrogens with one attached hydrogen (secondary N) is 2. The van der Waals surface area contributed by atoms with E-state index in [1.54, 1.807) is 102 Å². The summed E-state index contributed by atoms with van der Waals surface area (Å²) in [6.45, 7) is 9.63. The van der Waals surface area contributed by atoms with E-state index in [-0.39, 0.29) is 41.6 Å². The quantitative estimate of drug-likeness (QED) is 0.0493. The number of methoxy groups -OCH3 is 2. The Hall–Kier alpha value is -5.64. The summed E-state index contributed by atoms with van der Waals surface area (Å²) < 4.78 is 86.0. The van der Waals surface area contributed by atoms with Crippen LogP contribution in [0.1, 0.15) is 54.0 Å². The van der Waals surface area contributed by atoms with Crippen LogP contribution in [0.2, 0.25) is 0 Å². The number of nitrogens with zero attached hydrogens (tertiary/aromatic N) is 4. The second-order valence-electron chi connectivity index (χ2n) is 17.9. The summed E-state index contributed by atoms with van der Waals surface area (Å²) in [7, 11) is -4.98. The lowest BCUT2D eigenvalue weighted by Crippen LogP contribution is -2.42. The van der Waals surface area contributed by atoms with Gasteiger partial charge in [-0.3, -0.25) is 27.8 Å². The van der Waals surface area contributed by atoms with Gasteiger partial charge in [-0.25, -0.2) is 18.7 Å². The molecule has 2 aromatic carbocycles. The van der Waals surface area contributed by atoms with Crippen molar-refractivity contribution < 1.29 is 80.6 Å². The zero-order valence-corrected chi connectivity index (χ0v) is 44.4. The molecule has 0 spiro atoms. The lowest BCUT2D eigenvalue weighted by molar-refractivity contribution is -0.200. The summed E-state index contributed by atoms with van der Waals surface area (Å²) in [6.07, 6.45) is -5.89. The Morgan fingerprint density at radius 3 is 1.48 bits per heavy atom. The van der Waals surface area contributed by atoms with Crippen LogP contribution in [0.25, 0.3) is 0 Å². The van der Waals surface area contributed by atoms with E-state index in [9.17, 15) is 38.5 Å². The molecule has 3 fully saturated rings. The van der Waals surface area contributed by atoms with E-state index in [1.165, 1.54) is 43.3 Å². The number of hydrogen-bond acceptors (Lipinski definition) is 23. The van der Waals surface area contributed by atoms with E-state index in [1.807, 2.05) is 0 Å². The third-order valence-corrected chi connectivity index (χ3v) is 14.4. The van der Waals surface area contributed by atoms with Gasteiger partial charge in [0, 0.05) is 19.5 Å². The predicted octanol–water partition coefficient (Wildman–Crippen LogP) is 2.28. The minimum atomic E-state index is -4.25. The molecule has 2 unspecified atom stereocenters. The predicted molar refractivity (Wildman–Crippen MR) is 266 cm³/mol. The molecule has 3 aliphatic heterocycles. The molecule has 3 saturated heterocycles. The van der Waals surface area contributed by atoms with Gasteiger partial charge in [0.15, 0.2) is 18.2 Å². The van der Waals surface area contributed by atoms with Gasteiger partial charge in [0.25, 0.3) is 0 Å². The van der Waals surface area contributed by atoms with Crippen LogP contribution in [0, 0.1) is 11.8 Å². The van der Waals surface area contributed by atoms with E-state index in [2.05, 4.69) is 20.1 Å². The maximum absolute atomic E-state index is 14.0. The van der Waals surface area contributed by atoms with Gasteiger partial charge < -0.3 is 64.3 Å². The summed E-state index contributed by atoms with van der Waals surface area (Å²) in [5, 5.41) is 33.2. The third-order valence-electron chi connectivity index (χ3n) is 11.3. The number of esters is 2. The minimum Gasteiger partial charge on any atom is -0.468 e. The number of nitrogen functional groups attached to an aromatic ring is 2. The van der Waals surface area contributed by atoms with Crippen molar-refractivity contribution in [2.24, 2.45) is 11.8 Å². The first kappa shape index (κ1) is 60.2. The zero-order chi connectivity index (χ0) is 55.4. The fourth-order valence-corrected chi connectivity index (χ4v) is 11.0. The largest absolute Gasteiger partial charge is 0.468 e. The molecular formula is C46H66N8O19P2. The summed E-state index contributed by atoms with van der Waals surface area (Å²) in [6, 6.07) is 17.3. The number of hydrogen-bond donors (Lipinski definition) is 7. The molecule has 12 atom stereocenters. The maximum Gasteiger partial charge on any atom is 0.459 e. The monoisotopic (exact) mass is 1100 g/mol. The molecule has 7 rings (SSSR count). The molecule has 4 aromatic rings. The normalized spacial score (nSPS) is 25.0. The molecule has 0 radical (unpaired) electrons. The fraction of sp³-hybridized carbons (Fsp3) is 0.522. The van der Waals surface area contributed by atoms with E-state index in [0.29, 0.717) is 0 Å². The zero-order valence-electron chi connectivity index (χ0n) is 42.6. The van der Waals surface area contributed by atoms with Gasteiger partial charge in [0.1, 0.15) is 71.8 Å². The highest BCUT2D eigenvalue weighted by atomic mass is 31.2. The molecule has 29 heteroatoms. The smallest absolute Gasteiger partial charge is 0.459 e. The summed E-state index contributed by atoms with van der Waals surface area (Å²) in [4.78, 5) is 56.6. The lowest BCUT2D eigenvalue weighted by Gasteiger charge is -2.28. The number of fused-ring (bicyclic) bond motifs is 1. The Morgan fingerprint density at radius 2 is 1.07 bits per heavy atom. The van der Waals surface area contributed by atoms with Gasteiger partial charge in [-0.15, -0.1) is 0 Å². The average Bonchev–Trinajstić information content (AvgIpc) is 3.97.